The van der Waals surface area contributed by atoms with Crippen molar-refractivity contribution in [3.05, 3.63) is 41.5 Å². The molecule has 0 unspecified atom stereocenters. The van der Waals surface area contributed by atoms with Gasteiger partial charge in [-0.3, -0.25) is 9.73 Å². The lowest BCUT2D eigenvalue weighted by molar-refractivity contribution is 0.328. The fraction of sp³-hybridized carbons (Fsp3) is 0.500. The van der Waals surface area contributed by atoms with Crippen molar-refractivity contribution in [1.82, 2.24) is 24.9 Å². The molecule has 2 heterocycles. The van der Waals surface area contributed by atoms with E-state index in [9.17, 15) is 8.42 Å². The topological polar surface area (TPSA) is 92.8 Å². The first-order valence-corrected chi connectivity index (χ1v) is 12.3. The summed E-state index contributed by atoms with van der Waals surface area (Å²) in [6.07, 6.45) is 0. The molecule has 0 saturated carbocycles. The average Bonchev–Trinajstić information content (AvgIpc) is 3.17. The number of hydrogen-bond acceptors (Lipinski definition) is 7. The largest absolute Gasteiger partial charge is 0.318 e. The van der Waals surface area contributed by atoms with Gasteiger partial charge < -0.3 is 10.2 Å². The fourth-order valence-electron chi connectivity index (χ4n) is 3.59. The standard InChI is InChI=1S/C22H35N7O2S/c1-16(2)29-22-19(14-24-29)21(26-32(30,31)27(4)5)13-20(25-22)18-9-7-8-17(12-18)15-28(6)11-10-23-3/h7-9,12-13,16,23-24H,10-11,14-15H2,1-6H3,(H,25,26). The van der Waals surface area contributed by atoms with Gasteiger partial charge >= 0.3 is 10.2 Å². The summed E-state index contributed by atoms with van der Waals surface area (Å²) >= 11 is 0. The minimum atomic E-state index is -3.65. The van der Waals surface area contributed by atoms with Crippen LogP contribution in [-0.4, -0.2) is 69.9 Å². The highest BCUT2D eigenvalue weighted by molar-refractivity contribution is 7.90. The van der Waals surface area contributed by atoms with Gasteiger partial charge in [0.2, 0.25) is 0 Å². The second-order valence-corrected chi connectivity index (χ2v) is 10.5. The van der Waals surface area contributed by atoms with E-state index in [2.05, 4.69) is 53.4 Å². The molecule has 1 aromatic carbocycles. The number of fused-ring (bicyclic) bond motifs is 1. The first-order valence-electron chi connectivity index (χ1n) is 10.8. The second-order valence-electron chi connectivity index (χ2n) is 8.59. The maximum atomic E-state index is 12.6. The molecule has 1 aliphatic rings. The summed E-state index contributed by atoms with van der Waals surface area (Å²) in [4.78, 5) is 7.18. The van der Waals surface area contributed by atoms with Crippen molar-refractivity contribution in [2.45, 2.75) is 33.0 Å². The quantitative estimate of drug-likeness (QED) is 0.497. The number of aromatic nitrogens is 1. The predicted molar refractivity (Wildman–Crippen MR) is 131 cm³/mol. The molecule has 0 radical (unpaired) electrons. The lowest BCUT2D eigenvalue weighted by atomic mass is 10.1. The van der Waals surface area contributed by atoms with Crippen molar-refractivity contribution in [1.29, 1.82) is 0 Å². The molecule has 0 aliphatic carbocycles. The van der Waals surface area contributed by atoms with E-state index in [1.54, 1.807) is 0 Å². The van der Waals surface area contributed by atoms with Crippen LogP contribution in [0.4, 0.5) is 11.5 Å². The molecular formula is C22H35N7O2S. The van der Waals surface area contributed by atoms with Crippen LogP contribution in [0.15, 0.2) is 30.3 Å². The highest BCUT2D eigenvalue weighted by atomic mass is 32.2. The molecule has 176 valence electrons. The normalized spacial score (nSPS) is 14.0. The Kier molecular flexibility index (Phi) is 7.73. The Balaban J connectivity index is 2.01. The number of pyridine rings is 1. The van der Waals surface area contributed by atoms with Gasteiger partial charge in [-0.15, -0.1) is 0 Å². The van der Waals surface area contributed by atoms with E-state index >= 15 is 0 Å². The minimum absolute atomic E-state index is 0.171. The van der Waals surface area contributed by atoms with Gasteiger partial charge in [0.1, 0.15) is 5.82 Å². The summed E-state index contributed by atoms with van der Waals surface area (Å²) in [5.41, 5.74) is 7.57. The first kappa shape index (κ1) is 24.4. The van der Waals surface area contributed by atoms with Crippen LogP contribution in [0.2, 0.25) is 0 Å². The van der Waals surface area contributed by atoms with Crippen LogP contribution in [0.3, 0.4) is 0 Å². The number of nitrogens with one attached hydrogen (secondary N) is 3. The Bertz CT molecular complexity index is 1040. The zero-order valence-corrected chi connectivity index (χ0v) is 20.6. The van der Waals surface area contributed by atoms with Gasteiger partial charge in [-0.05, 0) is 45.6 Å². The maximum Gasteiger partial charge on any atom is 0.301 e. The van der Waals surface area contributed by atoms with Gasteiger partial charge in [0.05, 0.1) is 11.4 Å². The molecular weight excluding hydrogens is 426 g/mol. The Morgan fingerprint density at radius 3 is 2.62 bits per heavy atom. The van der Waals surface area contributed by atoms with Crippen LogP contribution in [0.25, 0.3) is 11.3 Å². The third-order valence-corrected chi connectivity index (χ3v) is 6.85. The smallest absolute Gasteiger partial charge is 0.301 e. The van der Waals surface area contributed by atoms with Crippen molar-refractivity contribution < 1.29 is 8.42 Å². The molecule has 0 fully saturated rings. The third kappa shape index (κ3) is 5.57. The Morgan fingerprint density at radius 1 is 1.22 bits per heavy atom. The second kappa shape index (κ2) is 10.1. The minimum Gasteiger partial charge on any atom is -0.318 e. The van der Waals surface area contributed by atoms with Gasteiger partial charge in [0.25, 0.3) is 0 Å². The summed E-state index contributed by atoms with van der Waals surface area (Å²) in [5.74, 6) is 0.755. The molecule has 32 heavy (non-hydrogen) atoms. The Morgan fingerprint density at radius 2 is 1.97 bits per heavy atom. The zero-order valence-electron chi connectivity index (χ0n) is 19.8. The highest BCUT2D eigenvalue weighted by Crippen LogP contribution is 2.35. The maximum absolute atomic E-state index is 12.6. The van der Waals surface area contributed by atoms with Crippen molar-refractivity contribution in [3.63, 3.8) is 0 Å². The van der Waals surface area contributed by atoms with Crippen LogP contribution in [-0.2, 0) is 23.3 Å². The first-order chi connectivity index (χ1) is 15.1. The molecule has 0 saturated heterocycles. The molecule has 0 amide bonds. The van der Waals surface area contributed by atoms with Crippen molar-refractivity contribution in [3.8, 4) is 11.3 Å². The van der Waals surface area contributed by atoms with E-state index in [1.165, 1.54) is 24.0 Å². The van der Waals surface area contributed by atoms with Crippen LogP contribution in [0.5, 0.6) is 0 Å². The van der Waals surface area contributed by atoms with Crippen LogP contribution < -0.4 is 20.5 Å². The van der Waals surface area contributed by atoms with Crippen molar-refractivity contribution >= 4 is 21.7 Å². The summed E-state index contributed by atoms with van der Waals surface area (Å²) in [6.45, 7) is 7.35. The number of anilines is 2. The molecule has 3 N–H and O–H groups in total. The molecule has 0 spiro atoms. The number of rotatable bonds is 10. The van der Waals surface area contributed by atoms with Gasteiger partial charge in [-0.2, -0.15) is 12.7 Å². The third-order valence-electron chi connectivity index (χ3n) is 5.41. The number of hydrazine groups is 1. The predicted octanol–water partition coefficient (Wildman–Crippen LogP) is 1.85. The van der Waals surface area contributed by atoms with E-state index in [1.807, 2.05) is 30.3 Å². The van der Waals surface area contributed by atoms with Crippen molar-refractivity contribution in [2.24, 2.45) is 0 Å². The lowest BCUT2D eigenvalue weighted by Crippen LogP contribution is -2.38. The molecule has 0 atom stereocenters. The summed E-state index contributed by atoms with van der Waals surface area (Å²) in [5, 5.41) is 5.16. The molecule has 1 aliphatic heterocycles. The van der Waals surface area contributed by atoms with Crippen LogP contribution in [0.1, 0.15) is 25.0 Å². The fourth-order valence-corrected chi connectivity index (χ4v) is 4.23. The van der Waals surface area contributed by atoms with E-state index in [0.29, 0.717) is 12.2 Å². The molecule has 0 bridgehead atoms. The van der Waals surface area contributed by atoms with E-state index in [-0.39, 0.29) is 6.04 Å². The van der Waals surface area contributed by atoms with Gasteiger partial charge in [0.15, 0.2) is 0 Å². The number of nitrogens with zero attached hydrogens (tertiary/aromatic N) is 4. The summed E-state index contributed by atoms with van der Waals surface area (Å²) < 4.78 is 29.1. The highest BCUT2D eigenvalue weighted by Gasteiger charge is 2.28. The number of likely N-dealkylation sites (N-methyl/N-ethyl adjacent to an activating group) is 2. The molecule has 1 aromatic heterocycles. The monoisotopic (exact) mass is 461 g/mol. The molecule has 9 nitrogen and oxygen atoms in total. The average molecular weight is 462 g/mol. The summed E-state index contributed by atoms with van der Waals surface area (Å²) in [7, 11) is 3.42. The summed E-state index contributed by atoms with van der Waals surface area (Å²) in [6, 6.07) is 10.3. The zero-order chi connectivity index (χ0) is 23.5. The van der Waals surface area contributed by atoms with Crippen LogP contribution in [0, 0.1) is 0 Å². The lowest BCUT2D eigenvalue weighted by Gasteiger charge is -2.23. The van der Waals surface area contributed by atoms with Gasteiger partial charge in [0, 0.05) is 57.4 Å². The van der Waals surface area contributed by atoms with Crippen LogP contribution >= 0.6 is 0 Å². The molecule has 2 aromatic rings. The Hall–Kier alpha value is -2.24. The molecule has 10 heteroatoms. The van der Waals surface area contributed by atoms with Crippen molar-refractivity contribution in [2.75, 3.05) is 51.0 Å². The number of hydrogen-bond donors (Lipinski definition) is 3. The van der Waals surface area contributed by atoms with E-state index < -0.39 is 10.2 Å². The molecule has 3 rings (SSSR count). The van der Waals surface area contributed by atoms with E-state index in [0.717, 1.165) is 42.3 Å². The van der Waals surface area contributed by atoms with Gasteiger partial charge in [-0.25, -0.2) is 10.4 Å². The SMILES string of the molecule is CNCCN(C)Cc1cccc(-c2cc(NS(=O)(=O)N(C)C)c3c(n2)N(C(C)C)NC3)c1. The van der Waals surface area contributed by atoms with Gasteiger partial charge in [-0.1, -0.05) is 18.2 Å². The Labute approximate surface area is 192 Å². The van der Waals surface area contributed by atoms with E-state index in [4.69, 9.17) is 4.98 Å². The number of benzene rings is 1.